The van der Waals surface area contributed by atoms with Crippen LogP contribution in [0.15, 0.2) is 53.3 Å². The monoisotopic (exact) mass is 494 g/mol. The molecule has 1 unspecified atom stereocenters. The van der Waals surface area contributed by atoms with E-state index < -0.39 is 18.2 Å². The van der Waals surface area contributed by atoms with Gasteiger partial charge in [0.2, 0.25) is 5.56 Å². The van der Waals surface area contributed by atoms with E-state index in [0.717, 1.165) is 12.8 Å². The number of carboxylic acid groups (broad SMARTS) is 1. The first-order valence-electron chi connectivity index (χ1n) is 10.6. The molecule has 0 radical (unpaired) electrons. The molecule has 188 valence electrons. The van der Waals surface area contributed by atoms with Gasteiger partial charge in [-0.3, -0.25) is 4.79 Å². The van der Waals surface area contributed by atoms with Crippen molar-refractivity contribution in [2.24, 2.45) is 0 Å². The third-order valence-corrected chi connectivity index (χ3v) is 5.78. The molecule has 4 rings (SSSR count). The van der Waals surface area contributed by atoms with Gasteiger partial charge in [0.1, 0.15) is 5.75 Å². The van der Waals surface area contributed by atoms with Gasteiger partial charge >= 0.3 is 12.1 Å². The van der Waals surface area contributed by atoms with Gasteiger partial charge in [-0.2, -0.15) is 13.2 Å². The zero-order valence-corrected chi connectivity index (χ0v) is 18.7. The zero-order valence-electron chi connectivity index (χ0n) is 18.7. The van der Waals surface area contributed by atoms with Gasteiger partial charge in [0.05, 0.1) is 18.2 Å². The number of aromatic hydroxyl groups is 1. The number of aliphatic hydroxyl groups is 1. The Hall–Kier alpha value is -3.41. The summed E-state index contributed by atoms with van der Waals surface area (Å²) in [6.07, 6.45) is -4.20. The second kappa shape index (κ2) is 10.5. The first kappa shape index (κ1) is 26.2. The highest BCUT2D eigenvalue weighted by molar-refractivity contribution is 5.87. The Kier molecular flexibility index (Phi) is 7.83. The predicted octanol–water partition coefficient (Wildman–Crippen LogP) is 2.67. The number of alkyl halides is 3. The minimum atomic E-state index is -5.08. The standard InChI is InChI=1S/C22H24N2O4.C2HF3O2/c1-28-13-22(10-14-4-2-3-5-15(14)11-22)23-12-19(26)16-6-8-18(25)21-17(16)7-9-20(27)24-21;3-2(4,5)1(6)7/h2-9,19,23,25-26H,10-13H2,1H3,(H,24,27);(H,6,7). The van der Waals surface area contributed by atoms with E-state index in [4.69, 9.17) is 14.6 Å². The highest BCUT2D eigenvalue weighted by Gasteiger charge is 2.38. The number of carboxylic acids is 1. The van der Waals surface area contributed by atoms with Crippen molar-refractivity contribution in [3.8, 4) is 5.75 Å². The van der Waals surface area contributed by atoms with Gasteiger partial charge in [-0.05, 0) is 41.7 Å². The molecular formula is C24H25F3N2O6. The molecule has 0 bridgehead atoms. The Morgan fingerprint density at radius 3 is 2.29 bits per heavy atom. The third-order valence-electron chi connectivity index (χ3n) is 5.78. The summed E-state index contributed by atoms with van der Waals surface area (Å²) < 4.78 is 37.2. The van der Waals surface area contributed by atoms with Crippen LogP contribution in [0.2, 0.25) is 0 Å². The number of methoxy groups -OCH3 is 1. The number of rotatable bonds is 6. The molecule has 1 aliphatic rings. The maximum absolute atomic E-state index is 11.6. The van der Waals surface area contributed by atoms with Crippen LogP contribution in [0.5, 0.6) is 5.75 Å². The fraction of sp³-hybridized carbons (Fsp3) is 0.333. The highest BCUT2D eigenvalue weighted by Crippen LogP contribution is 2.32. The number of aromatic amines is 1. The summed E-state index contributed by atoms with van der Waals surface area (Å²) in [7, 11) is 1.69. The quantitative estimate of drug-likeness (QED) is 0.356. The minimum absolute atomic E-state index is 0.0151. The molecule has 5 N–H and O–H groups in total. The topological polar surface area (TPSA) is 132 Å². The number of pyridine rings is 1. The molecule has 0 aliphatic heterocycles. The molecule has 0 saturated carbocycles. The number of fused-ring (bicyclic) bond motifs is 2. The van der Waals surface area contributed by atoms with Gasteiger partial charge in [0.15, 0.2) is 0 Å². The minimum Gasteiger partial charge on any atom is -0.506 e. The number of H-pyrrole nitrogens is 1. The van der Waals surface area contributed by atoms with Gasteiger partial charge in [-0.15, -0.1) is 0 Å². The SMILES string of the molecule is COCC1(NCC(O)c2ccc(O)c3[nH]c(=O)ccc23)Cc2ccccc2C1.O=C(O)C(F)(F)F. The molecule has 1 heterocycles. The normalized spacial score (nSPS) is 15.2. The smallest absolute Gasteiger partial charge is 0.490 e. The van der Waals surface area contributed by atoms with Crippen LogP contribution in [-0.4, -0.2) is 58.2 Å². The van der Waals surface area contributed by atoms with Crippen LogP contribution in [0.3, 0.4) is 0 Å². The molecular weight excluding hydrogens is 469 g/mol. The van der Waals surface area contributed by atoms with Crippen molar-refractivity contribution in [3.05, 3.63) is 75.6 Å². The van der Waals surface area contributed by atoms with Gasteiger partial charge in [-0.1, -0.05) is 30.3 Å². The largest absolute Gasteiger partial charge is 0.506 e. The summed E-state index contributed by atoms with van der Waals surface area (Å²) in [6, 6.07) is 14.6. The number of phenols is 1. The summed E-state index contributed by atoms with van der Waals surface area (Å²) in [5.41, 5.74) is 3.03. The second-order valence-corrected chi connectivity index (χ2v) is 8.32. The Morgan fingerprint density at radius 2 is 1.74 bits per heavy atom. The van der Waals surface area contributed by atoms with Gasteiger partial charge in [-0.25, -0.2) is 4.79 Å². The van der Waals surface area contributed by atoms with Crippen LogP contribution in [0.25, 0.3) is 10.9 Å². The lowest BCUT2D eigenvalue weighted by molar-refractivity contribution is -0.192. The van der Waals surface area contributed by atoms with E-state index in [2.05, 4.69) is 22.4 Å². The number of nitrogens with one attached hydrogen (secondary N) is 2. The highest BCUT2D eigenvalue weighted by atomic mass is 19.4. The Balaban J connectivity index is 0.000000429. The number of aliphatic hydroxyl groups excluding tert-OH is 1. The Bertz CT molecular complexity index is 1230. The Morgan fingerprint density at radius 1 is 1.14 bits per heavy atom. The summed E-state index contributed by atoms with van der Waals surface area (Å²) in [6.45, 7) is 0.869. The molecule has 0 spiro atoms. The predicted molar refractivity (Wildman–Crippen MR) is 121 cm³/mol. The van der Waals surface area contributed by atoms with Crippen molar-refractivity contribution >= 4 is 16.9 Å². The fourth-order valence-electron chi connectivity index (χ4n) is 4.22. The number of aliphatic carboxylic acids is 1. The molecule has 0 fully saturated rings. The first-order valence-corrected chi connectivity index (χ1v) is 10.6. The number of β-amino-alcohol motifs (C(OH)–C–C–N with tert-alkyl or cyclic N) is 1. The lowest BCUT2D eigenvalue weighted by atomic mass is 9.95. The average molecular weight is 494 g/mol. The van der Waals surface area contributed by atoms with E-state index in [-0.39, 0.29) is 16.8 Å². The van der Waals surface area contributed by atoms with Gasteiger partial charge < -0.3 is 30.4 Å². The maximum Gasteiger partial charge on any atom is 0.490 e. The van der Waals surface area contributed by atoms with Crippen LogP contribution >= 0.6 is 0 Å². The molecule has 11 heteroatoms. The molecule has 35 heavy (non-hydrogen) atoms. The molecule has 2 aromatic carbocycles. The first-order chi connectivity index (χ1) is 16.5. The van der Waals surface area contributed by atoms with E-state index >= 15 is 0 Å². The third kappa shape index (κ3) is 6.18. The van der Waals surface area contributed by atoms with E-state index in [1.54, 1.807) is 19.2 Å². The van der Waals surface area contributed by atoms with E-state index in [1.165, 1.54) is 23.3 Å². The molecule has 0 saturated heterocycles. The molecule has 1 aliphatic carbocycles. The van der Waals surface area contributed by atoms with Crippen LogP contribution in [0.1, 0.15) is 22.8 Å². The van der Waals surface area contributed by atoms with Crippen molar-refractivity contribution in [1.82, 2.24) is 10.3 Å². The van der Waals surface area contributed by atoms with Crippen molar-refractivity contribution in [2.45, 2.75) is 30.7 Å². The number of hydrogen-bond acceptors (Lipinski definition) is 6. The Labute approximate surface area is 198 Å². The summed E-state index contributed by atoms with van der Waals surface area (Å²) >= 11 is 0. The number of carbonyl (C=O) groups is 1. The average Bonchev–Trinajstić information content (AvgIpc) is 3.16. The summed E-state index contributed by atoms with van der Waals surface area (Å²) in [5.74, 6) is -2.77. The van der Waals surface area contributed by atoms with Gasteiger partial charge in [0.25, 0.3) is 0 Å². The van der Waals surface area contributed by atoms with Crippen molar-refractivity contribution in [1.29, 1.82) is 0 Å². The van der Waals surface area contributed by atoms with Crippen molar-refractivity contribution in [3.63, 3.8) is 0 Å². The number of halogens is 3. The molecule has 0 amide bonds. The fourth-order valence-corrected chi connectivity index (χ4v) is 4.22. The van der Waals surface area contributed by atoms with Crippen LogP contribution < -0.4 is 10.9 Å². The maximum atomic E-state index is 11.6. The lowest BCUT2D eigenvalue weighted by Crippen LogP contribution is -2.51. The van der Waals surface area contributed by atoms with Crippen molar-refractivity contribution < 1.29 is 38.0 Å². The molecule has 1 aromatic heterocycles. The molecule has 1 atom stereocenters. The molecule has 3 aromatic rings. The van der Waals surface area contributed by atoms with E-state index in [9.17, 15) is 28.2 Å². The summed E-state index contributed by atoms with van der Waals surface area (Å²) in [4.78, 5) is 23.1. The molecule has 8 nitrogen and oxygen atoms in total. The number of aromatic nitrogens is 1. The lowest BCUT2D eigenvalue weighted by Gasteiger charge is -2.31. The van der Waals surface area contributed by atoms with Crippen molar-refractivity contribution in [2.75, 3.05) is 20.3 Å². The number of benzene rings is 2. The number of hydrogen-bond donors (Lipinski definition) is 5. The number of ether oxygens (including phenoxy) is 1. The van der Waals surface area contributed by atoms with Gasteiger partial charge in [0, 0.05) is 30.6 Å². The number of phenolic OH excluding ortho intramolecular Hbond substituents is 1. The van der Waals surface area contributed by atoms with E-state index in [0.29, 0.717) is 29.6 Å². The zero-order chi connectivity index (χ0) is 25.8. The van der Waals surface area contributed by atoms with E-state index in [1.807, 2.05) is 12.1 Å². The summed E-state index contributed by atoms with van der Waals surface area (Å²) in [5, 5.41) is 32.2. The van der Waals surface area contributed by atoms with Crippen LogP contribution in [-0.2, 0) is 22.4 Å². The second-order valence-electron chi connectivity index (χ2n) is 8.32. The van der Waals surface area contributed by atoms with Crippen LogP contribution in [0.4, 0.5) is 13.2 Å². The van der Waals surface area contributed by atoms with Crippen LogP contribution in [0, 0.1) is 0 Å².